The monoisotopic (exact) mass is 371 g/mol. The van der Waals surface area contributed by atoms with Gasteiger partial charge in [0.25, 0.3) is 0 Å². The van der Waals surface area contributed by atoms with Gasteiger partial charge in [-0.15, -0.1) is 0 Å². The second kappa shape index (κ2) is 9.48. The summed E-state index contributed by atoms with van der Waals surface area (Å²) in [6, 6.07) is 0.296. The first-order chi connectivity index (χ1) is 13.1. The van der Waals surface area contributed by atoms with Crippen molar-refractivity contribution in [3.63, 3.8) is 0 Å². The Morgan fingerprint density at radius 1 is 1.19 bits per heavy atom. The van der Waals surface area contributed by atoms with E-state index in [1.54, 1.807) is 19.3 Å². The fraction of sp³-hybridized carbons (Fsp3) is 0.600. The van der Waals surface area contributed by atoms with Crippen LogP contribution in [0.15, 0.2) is 30.9 Å². The lowest BCUT2D eigenvalue weighted by Crippen LogP contribution is -2.45. The van der Waals surface area contributed by atoms with E-state index in [2.05, 4.69) is 27.4 Å². The average molecular weight is 371 g/mol. The van der Waals surface area contributed by atoms with Crippen molar-refractivity contribution in [3.05, 3.63) is 36.4 Å². The minimum atomic E-state index is 0.0121. The van der Waals surface area contributed by atoms with E-state index in [4.69, 9.17) is 0 Å². The van der Waals surface area contributed by atoms with Crippen molar-refractivity contribution in [2.24, 2.45) is 0 Å². The molecule has 0 spiro atoms. The number of amides is 3. The number of aromatic nitrogens is 2. The van der Waals surface area contributed by atoms with Crippen LogP contribution in [0.2, 0.25) is 0 Å². The number of urea groups is 1. The summed E-state index contributed by atoms with van der Waals surface area (Å²) in [5.41, 5.74) is 0.927. The van der Waals surface area contributed by atoms with Crippen LogP contribution in [-0.4, -0.2) is 56.9 Å². The van der Waals surface area contributed by atoms with Gasteiger partial charge in [-0.2, -0.15) is 0 Å². The summed E-state index contributed by atoms with van der Waals surface area (Å²) in [4.78, 5) is 36.7. The van der Waals surface area contributed by atoms with E-state index in [0.717, 1.165) is 50.6 Å². The van der Waals surface area contributed by atoms with E-state index < -0.39 is 0 Å². The molecule has 0 aromatic carbocycles. The van der Waals surface area contributed by atoms with E-state index in [9.17, 15) is 9.59 Å². The number of carbonyl (C=O) groups excluding carboxylic acids is 2. The molecule has 0 saturated carbocycles. The molecule has 1 aliphatic heterocycles. The van der Waals surface area contributed by atoms with Crippen LogP contribution >= 0.6 is 0 Å². The second-order valence-corrected chi connectivity index (χ2v) is 7.38. The highest BCUT2D eigenvalue weighted by atomic mass is 16.2. The fourth-order valence-corrected chi connectivity index (χ4v) is 3.88. The molecule has 0 radical (unpaired) electrons. The van der Waals surface area contributed by atoms with Crippen molar-refractivity contribution in [2.75, 3.05) is 13.1 Å². The molecule has 2 atom stereocenters. The molecule has 2 aliphatic rings. The molecule has 27 heavy (non-hydrogen) atoms. The summed E-state index contributed by atoms with van der Waals surface area (Å²) in [6.45, 7) is 3.52. The molecular formula is C20H29N5O2. The van der Waals surface area contributed by atoms with E-state index in [1.165, 1.54) is 6.33 Å². The number of allylic oxidation sites excluding steroid dienone is 1. The summed E-state index contributed by atoms with van der Waals surface area (Å²) in [5.74, 6) is 0.0501. The predicted molar refractivity (Wildman–Crippen MR) is 103 cm³/mol. The normalized spacial score (nSPS) is 22.8. The van der Waals surface area contributed by atoms with Crippen LogP contribution in [0.4, 0.5) is 4.79 Å². The molecule has 7 heteroatoms. The number of hydrogen-bond donors (Lipinski definition) is 1. The molecule has 0 bridgehead atoms. The minimum Gasteiger partial charge on any atom is -0.335 e. The van der Waals surface area contributed by atoms with Gasteiger partial charge in [-0.1, -0.05) is 12.2 Å². The highest BCUT2D eigenvalue weighted by molar-refractivity contribution is 5.75. The maximum Gasteiger partial charge on any atom is 0.317 e. The third-order valence-corrected chi connectivity index (χ3v) is 5.36. The van der Waals surface area contributed by atoms with Gasteiger partial charge in [0, 0.05) is 56.6 Å². The number of carbonyl (C=O) groups is 2. The van der Waals surface area contributed by atoms with Crippen LogP contribution < -0.4 is 5.32 Å². The lowest BCUT2D eigenvalue weighted by molar-refractivity contribution is -0.132. The molecule has 1 N–H and O–H groups in total. The SMILES string of the molecule is CC(=O)N(Cc1cncnc1)[C@@H]1CCCN(C(=O)N[C@H]2C=CCCC2)CC1. The zero-order valence-electron chi connectivity index (χ0n) is 16.0. The van der Waals surface area contributed by atoms with Gasteiger partial charge in [0.1, 0.15) is 6.33 Å². The summed E-state index contributed by atoms with van der Waals surface area (Å²) < 4.78 is 0. The topological polar surface area (TPSA) is 78.4 Å². The molecule has 146 valence electrons. The number of hydrogen-bond acceptors (Lipinski definition) is 4. The Morgan fingerprint density at radius 3 is 2.70 bits per heavy atom. The van der Waals surface area contributed by atoms with E-state index >= 15 is 0 Å². The van der Waals surface area contributed by atoms with Crippen LogP contribution in [0.1, 0.15) is 51.0 Å². The molecule has 7 nitrogen and oxygen atoms in total. The summed E-state index contributed by atoms with van der Waals surface area (Å²) in [5, 5.41) is 3.13. The van der Waals surface area contributed by atoms with Crippen LogP contribution in [0.5, 0.6) is 0 Å². The molecule has 3 rings (SSSR count). The standard InChI is InChI=1S/C20H29N5O2/c1-16(26)25(14-17-12-21-15-22-13-17)19-8-5-10-24(11-9-19)20(27)23-18-6-3-2-4-7-18/h3,6,12-13,15,18-19H,2,4-5,7-11,14H2,1H3,(H,23,27)/t18-,19+/m0/s1. The van der Waals surface area contributed by atoms with Crippen molar-refractivity contribution < 1.29 is 9.59 Å². The van der Waals surface area contributed by atoms with Gasteiger partial charge in [0.05, 0.1) is 0 Å². The Bertz CT molecular complexity index is 664. The third kappa shape index (κ3) is 5.52. The van der Waals surface area contributed by atoms with Crippen molar-refractivity contribution in [1.82, 2.24) is 25.1 Å². The molecule has 1 fully saturated rings. The van der Waals surface area contributed by atoms with Crippen LogP contribution in [0.3, 0.4) is 0 Å². The number of likely N-dealkylation sites (tertiary alicyclic amines) is 1. The zero-order valence-corrected chi connectivity index (χ0v) is 16.0. The minimum absolute atomic E-state index is 0.0121. The molecule has 1 aromatic rings. The Hall–Kier alpha value is -2.44. The highest BCUT2D eigenvalue weighted by Crippen LogP contribution is 2.20. The molecule has 1 aromatic heterocycles. The van der Waals surface area contributed by atoms with Gasteiger partial charge in [-0.25, -0.2) is 14.8 Å². The Kier molecular flexibility index (Phi) is 6.79. The fourth-order valence-electron chi connectivity index (χ4n) is 3.88. The Labute approximate surface area is 160 Å². The number of rotatable bonds is 4. The van der Waals surface area contributed by atoms with Gasteiger partial charge < -0.3 is 15.1 Å². The predicted octanol–water partition coefficient (Wildman–Crippen LogP) is 2.50. The van der Waals surface area contributed by atoms with Crippen molar-refractivity contribution in [1.29, 1.82) is 0 Å². The quantitative estimate of drug-likeness (QED) is 0.825. The van der Waals surface area contributed by atoms with Gasteiger partial charge in [0.2, 0.25) is 5.91 Å². The molecule has 1 saturated heterocycles. The Morgan fingerprint density at radius 2 is 2.00 bits per heavy atom. The molecule has 0 unspecified atom stereocenters. The zero-order chi connectivity index (χ0) is 19.1. The molecule has 3 amide bonds. The van der Waals surface area contributed by atoms with Crippen molar-refractivity contribution in [3.8, 4) is 0 Å². The van der Waals surface area contributed by atoms with Crippen LogP contribution in [0, 0.1) is 0 Å². The van der Waals surface area contributed by atoms with E-state index in [0.29, 0.717) is 13.1 Å². The average Bonchev–Trinajstić information content (AvgIpc) is 2.93. The largest absolute Gasteiger partial charge is 0.335 e. The number of nitrogens with one attached hydrogen (secondary N) is 1. The maximum atomic E-state index is 12.6. The first-order valence-corrected chi connectivity index (χ1v) is 9.86. The lowest BCUT2D eigenvalue weighted by Gasteiger charge is -2.30. The summed E-state index contributed by atoms with van der Waals surface area (Å²) >= 11 is 0. The van der Waals surface area contributed by atoms with Crippen LogP contribution in [0.25, 0.3) is 0 Å². The van der Waals surface area contributed by atoms with Crippen molar-refractivity contribution in [2.45, 2.75) is 64.1 Å². The Balaban J connectivity index is 1.57. The van der Waals surface area contributed by atoms with Gasteiger partial charge >= 0.3 is 6.03 Å². The first kappa shape index (κ1) is 19.3. The van der Waals surface area contributed by atoms with Crippen molar-refractivity contribution >= 4 is 11.9 Å². The van der Waals surface area contributed by atoms with Gasteiger partial charge in [-0.05, 0) is 38.5 Å². The van der Waals surface area contributed by atoms with E-state index in [-0.39, 0.29) is 24.0 Å². The van der Waals surface area contributed by atoms with Crippen LogP contribution in [-0.2, 0) is 11.3 Å². The highest BCUT2D eigenvalue weighted by Gasteiger charge is 2.27. The summed E-state index contributed by atoms with van der Waals surface area (Å²) in [7, 11) is 0. The third-order valence-electron chi connectivity index (χ3n) is 5.36. The first-order valence-electron chi connectivity index (χ1n) is 9.86. The maximum absolute atomic E-state index is 12.6. The number of nitrogens with zero attached hydrogens (tertiary/aromatic N) is 4. The molecular weight excluding hydrogens is 342 g/mol. The van der Waals surface area contributed by atoms with E-state index in [1.807, 2.05) is 9.80 Å². The smallest absolute Gasteiger partial charge is 0.317 e. The molecule has 2 heterocycles. The lowest BCUT2D eigenvalue weighted by atomic mass is 10.0. The summed E-state index contributed by atoms with van der Waals surface area (Å²) in [6.07, 6.45) is 15.1. The molecule has 1 aliphatic carbocycles. The van der Waals surface area contributed by atoms with Gasteiger partial charge in [-0.3, -0.25) is 4.79 Å². The second-order valence-electron chi connectivity index (χ2n) is 7.38. The van der Waals surface area contributed by atoms with Gasteiger partial charge in [0.15, 0.2) is 0 Å².